The molecule has 0 atom stereocenters. The molecule has 1 rings (SSSR count). The first-order valence-corrected chi connectivity index (χ1v) is 9.28. The molecule has 1 aromatic rings. The Kier molecular flexibility index (Phi) is 7.06. The second-order valence-electron chi connectivity index (χ2n) is 4.74. The molecule has 0 aromatic heterocycles. The van der Waals surface area contributed by atoms with Gasteiger partial charge in [0, 0.05) is 19.2 Å². The van der Waals surface area contributed by atoms with Crippen LogP contribution in [-0.4, -0.2) is 15.7 Å². The van der Waals surface area contributed by atoms with E-state index in [1.807, 2.05) is 37.4 Å². The lowest BCUT2D eigenvalue weighted by Crippen LogP contribution is -2.44. The molecule has 0 radical (unpaired) electrons. The summed E-state index contributed by atoms with van der Waals surface area (Å²) in [4.78, 5) is 0. The standard InChI is InChI=1S/C15H26O2Si/c1-4-6-13-18(16-3,14-7-5-2)17-15-11-9-8-10-12-15/h8-12H,4-7,13-14H2,1-3H3. The average Bonchev–Trinajstić information content (AvgIpc) is 2.43. The lowest BCUT2D eigenvalue weighted by molar-refractivity contribution is 0.292. The summed E-state index contributed by atoms with van der Waals surface area (Å²) in [5, 5.41) is 0. The smallest absolute Gasteiger partial charge is 0.398 e. The van der Waals surface area contributed by atoms with Gasteiger partial charge in [0.25, 0.3) is 0 Å². The van der Waals surface area contributed by atoms with Gasteiger partial charge in [-0.3, -0.25) is 0 Å². The van der Waals surface area contributed by atoms with Crippen LogP contribution >= 0.6 is 0 Å². The summed E-state index contributed by atoms with van der Waals surface area (Å²) in [6.07, 6.45) is 4.78. The van der Waals surface area contributed by atoms with Crippen LogP contribution in [0.1, 0.15) is 39.5 Å². The molecule has 3 heteroatoms. The SMILES string of the molecule is CCCC[Si](CCCC)(OC)Oc1ccccc1. The van der Waals surface area contributed by atoms with E-state index in [1.165, 1.54) is 25.7 Å². The Hall–Kier alpha value is -0.803. The number of benzene rings is 1. The third kappa shape index (κ3) is 4.82. The summed E-state index contributed by atoms with van der Waals surface area (Å²) in [7, 11) is -0.232. The van der Waals surface area contributed by atoms with Crippen LogP contribution < -0.4 is 4.43 Å². The van der Waals surface area contributed by atoms with Crippen LogP contribution in [0.4, 0.5) is 0 Å². The lowest BCUT2D eigenvalue weighted by atomic mass is 10.3. The minimum atomic E-state index is -2.05. The van der Waals surface area contributed by atoms with Crippen LogP contribution in [0.25, 0.3) is 0 Å². The van der Waals surface area contributed by atoms with Gasteiger partial charge in [-0.25, -0.2) is 0 Å². The van der Waals surface area contributed by atoms with Gasteiger partial charge in [-0.1, -0.05) is 57.7 Å². The molecule has 0 unspecified atom stereocenters. The fraction of sp³-hybridized carbons (Fsp3) is 0.600. The predicted octanol–water partition coefficient (Wildman–Crippen LogP) is 4.75. The number of unbranched alkanes of at least 4 members (excludes halogenated alkanes) is 2. The maximum atomic E-state index is 6.27. The maximum absolute atomic E-state index is 6.27. The number of para-hydroxylation sites is 1. The number of hydrogen-bond donors (Lipinski definition) is 0. The van der Waals surface area contributed by atoms with Crippen LogP contribution in [0.15, 0.2) is 30.3 Å². The van der Waals surface area contributed by atoms with E-state index in [0.717, 1.165) is 17.8 Å². The second-order valence-corrected chi connectivity index (χ2v) is 8.17. The minimum absolute atomic E-state index is 0.957. The predicted molar refractivity (Wildman–Crippen MR) is 79.3 cm³/mol. The van der Waals surface area contributed by atoms with Crippen molar-refractivity contribution in [1.29, 1.82) is 0 Å². The molecular weight excluding hydrogens is 240 g/mol. The van der Waals surface area contributed by atoms with E-state index in [4.69, 9.17) is 8.85 Å². The topological polar surface area (TPSA) is 18.5 Å². The fourth-order valence-corrected chi connectivity index (χ4v) is 5.36. The lowest BCUT2D eigenvalue weighted by Gasteiger charge is -2.29. The Bertz CT molecular complexity index is 306. The summed E-state index contributed by atoms with van der Waals surface area (Å²) in [5.74, 6) is 0.957. The maximum Gasteiger partial charge on any atom is 0.398 e. The molecule has 0 aliphatic rings. The van der Waals surface area contributed by atoms with E-state index in [9.17, 15) is 0 Å². The quantitative estimate of drug-likeness (QED) is 0.600. The van der Waals surface area contributed by atoms with E-state index in [-0.39, 0.29) is 0 Å². The van der Waals surface area contributed by atoms with Crippen LogP contribution in [0.3, 0.4) is 0 Å². The van der Waals surface area contributed by atoms with Crippen LogP contribution in [0, 0.1) is 0 Å². The molecule has 2 nitrogen and oxygen atoms in total. The highest BCUT2D eigenvalue weighted by atomic mass is 28.4. The molecule has 18 heavy (non-hydrogen) atoms. The molecule has 0 aliphatic carbocycles. The molecule has 0 aliphatic heterocycles. The van der Waals surface area contributed by atoms with Crippen molar-refractivity contribution in [3.63, 3.8) is 0 Å². The first-order chi connectivity index (χ1) is 8.76. The van der Waals surface area contributed by atoms with E-state index < -0.39 is 8.56 Å². The van der Waals surface area contributed by atoms with Crippen molar-refractivity contribution in [2.24, 2.45) is 0 Å². The van der Waals surface area contributed by atoms with Crippen molar-refractivity contribution in [2.45, 2.75) is 51.6 Å². The van der Waals surface area contributed by atoms with Gasteiger partial charge in [-0.05, 0) is 12.1 Å². The van der Waals surface area contributed by atoms with E-state index >= 15 is 0 Å². The highest BCUT2D eigenvalue weighted by Crippen LogP contribution is 2.26. The van der Waals surface area contributed by atoms with Gasteiger partial charge >= 0.3 is 8.56 Å². The zero-order valence-corrected chi connectivity index (χ0v) is 12.9. The minimum Gasteiger partial charge on any atom is -0.520 e. The van der Waals surface area contributed by atoms with Crippen LogP contribution in [-0.2, 0) is 4.43 Å². The van der Waals surface area contributed by atoms with Crippen molar-refractivity contribution in [3.8, 4) is 5.75 Å². The van der Waals surface area contributed by atoms with Gasteiger partial charge in [0.2, 0.25) is 0 Å². The summed E-state index contributed by atoms with van der Waals surface area (Å²) in [6.45, 7) is 4.44. The molecule has 0 spiro atoms. The van der Waals surface area contributed by atoms with Gasteiger partial charge in [0.1, 0.15) is 5.75 Å². The Labute approximate surface area is 113 Å². The molecule has 0 N–H and O–H groups in total. The first kappa shape index (κ1) is 15.3. The van der Waals surface area contributed by atoms with Gasteiger partial charge in [0.15, 0.2) is 0 Å². The molecular formula is C15H26O2Si. The van der Waals surface area contributed by atoms with Gasteiger partial charge in [0.05, 0.1) is 0 Å². The monoisotopic (exact) mass is 266 g/mol. The molecule has 102 valence electrons. The van der Waals surface area contributed by atoms with E-state index in [1.54, 1.807) is 0 Å². The summed E-state index contributed by atoms with van der Waals surface area (Å²) in [5.41, 5.74) is 0. The fourth-order valence-electron chi connectivity index (χ4n) is 2.07. The molecule has 0 bridgehead atoms. The van der Waals surface area contributed by atoms with Gasteiger partial charge in [-0.15, -0.1) is 0 Å². The van der Waals surface area contributed by atoms with Gasteiger partial charge in [-0.2, -0.15) is 0 Å². The zero-order valence-electron chi connectivity index (χ0n) is 11.9. The van der Waals surface area contributed by atoms with Crippen LogP contribution in [0.5, 0.6) is 5.75 Å². The molecule has 0 heterocycles. The Morgan fingerprint density at radius 3 is 1.94 bits per heavy atom. The third-order valence-electron chi connectivity index (χ3n) is 3.24. The Balaban J connectivity index is 2.73. The second kappa shape index (κ2) is 8.33. The molecule has 0 saturated carbocycles. The third-order valence-corrected chi connectivity index (χ3v) is 6.82. The summed E-state index contributed by atoms with van der Waals surface area (Å²) in [6, 6.07) is 12.3. The summed E-state index contributed by atoms with van der Waals surface area (Å²) >= 11 is 0. The van der Waals surface area contributed by atoms with Gasteiger partial charge < -0.3 is 8.85 Å². The van der Waals surface area contributed by atoms with Crippen molar-refractivity contribution in [2.75, 3.05) is 7.11 Å². The van der Waals surface area contributed by atoms with E-state index in [2.05, 4.69) is 13.8 Å². The Morgan fingerprint density at radius 1 is 0.944 bits per heavy atom. The number of hydrogen-bond acceptors (Lipinski definition) is 2. The van der Waals surface area contributed by atoms with Crippen LogP contribution in [0.2, 0.25) is 12.1 Å². The zero-order chi connectivity index (χ0) is 13.3. The Morgan fingerprint density at radius 2 is 1.50 bits per heavy atom. The van der Waals surface area contributed by atoms with E-state index in [0.29, 0.717) is 0 Å². The van der Waals surface area contributed by atoms with Crippen molar-refractivity contribution in [1.82, 2.24) is 0 Å². The summed E-state index contributed by atoms with van der Waals surface area (Å²) < 4.78 is 12.1. The van der Waals surface area contributed by atoms with Crippen molar-refractivity contribution in [3.05, 3.63) is 30.3 Å². The largest absolute Gasteiger partial charge is 0.520 e. The molecule has 0 saturated heterocycles. The molecule has 0 fully saturated rings. The highest BCUT2D eigenvalue weighted by molar-refractivity contribution is 6.68. The molecule has 1 aromatic carbocycles. The number of rotatable bonds is 9. The molecule has 0 amide bonds. The normalized spacial score (nSPS) is 11.5. The van der Waals surface area contributed by atoms with Crippen molar-refractivity contribution < 1.29 is 8.85 Å². The highest BCUT2D eigenvalue weighted by Gasteiger charge is 2.37. The first-order valence-electron chi connectivity index (χ1n) is 7.05. The average molecular weight is 266 g/mol. The van der Waals surface area contributed by atoms with Crippen molar-refractivity contribution >= 4 is 8.56 Å².